The van der Waals surface area contributed by atoms with Crippen LogP contribution in [0.2, 0.25) is 0 Å². The van der Waals surface area contributed by atoms with E-state index in [1.54, 1.807) is 11.3 Å². The monoisotopic (exact) mass is 283 g/mol. The summed E-state index contributed by atoms with van der Waals surface area (Å²) in [7, 11) is 0. The van der Waals surface area contributed by atoms with Gasteiger partial charge in [0.1, 0.15) is 10.0 Å². The largest absolute Gasteiger partial charge is 0.375 e. The Balaban J connectivity index is 1.97. The lowest BCUT2D eigenvalue weighted by Crippen LogP contribution is -2.24. The predicted molar refractivity (Wildman–Crippen MR) is 78.7 cm³/mol. The van der Waals surface area contributed by atoms with Gasteiger partial charge in [0.15, 0.2) is 0 Å². The van der Waals surface area contributed by atoms with E-state index in [4.69, 9.17) is 4.74 Å². The molecule has 5 heteroatoms. The summed E-state index contributed by atoms with van der Waals surface area (Å²) in [5.74, 6) is 0.920. The molecule has 1 aromatic rings. The molecule has 4 atom stereocenters. The minimum atomic E-state index is 0.250. The second kappa shape index (κ2) is 6.29. The number of nitrogens with zero attached hydrogens (tertiary/aromatic N) is 2. The van der Waals surface area contributed by atoms with Crippen LogP contribution in [-0.2, 0) is 11.2 Å². The molecule has 1 saturated heterocycles. The molecule has 0 amide bonds. The lowest BCUT2D eigenvalue weighted by atomic mass is 9.90. The molecule has 0 bridgehead atoms. The maximum Gasteiger partial charge on any atom is 0.123 e. The summed E-state index contributed by atoms with van der Waals surface area (Å²) >= 11 is 1.75. The smallest absolute Gasteiger partial charge is 0.123 e. The predicted octanol–water partition coefficient (Wildman–Crippen LogP) is 2.61. The Morgan fingerprint density at radius 2 is 1.95 bits per heavy atom. The van der Waals surface area contributed by atoms with Gasteiger partial charge in [0, 0.05) is 24.9 Å². The highest BCUT2D eigenvalue weighted by Gasteiger charge is 2.39. The zero-order valence-electron chi connectivity index (χ0n) is 12.5. The van der Waals surface area contributed by atoms with Crippen molar-refractivity contribution < 1.29 is 4.74 Å². The zero-order chi connectivity index (χ0) is 14.0. The van der Waals surface area contributed by atoms with Crippen molar-refractivity contribution in [1.82, 2.24) is 15.5 Å². The van der Waals surface area contributed by atoms with Gasteiger partial charge in [-0.2, -0.15) is 0 Å². The maximum absolute atomic E-state index is 5.89. The van der Waals surface area contributed by atoms with Gasteiger partial charge in [0.2, 0.25) is 0 Å². The van der Waals surface area contributed by atoms with Crippen LogP contribution >= 0.6 is 11.3 Å². The summed E-state index contributed by atoms with van der Waals surface area (Å²) in [5, 5.41) is 14.4. The van der Waals surface area contributed by atoms with Crippen molar-refractivity contribution in [3.8, 4) is 0 Å². The normalized spacial score (nSPS) is 31.3. The lowest BCUT2D eigenvalue weighted by molar-refractivity contribution is 0.0556. The van der Waals surface area contributed by atoms with E-state index in [1.807, 2.05) is 0 Å². The standard InChI is InChI=1S/C14H25N3OS/c1-8(2)15-7-6-12-16-17-14(19-12)13-9(3)10(4)18-11(13)5/h8-11,13,15H,6-7H2,1-5H3. The highest BCUT2D eigenvalue weighted by molar-refractivity contribution is 7.11. The van der Waals surface area contributed by atoms with Crippen LogP contribution in [0.1, 0.15) is 50.6 Å². The maximum atomic E-state index is 5.89. The number of hydrogen-bond donors (Lipinski definition) is 1. The molecule has 1 fully saturated rings. The minimum Gasteiger partial charge on any atom is -0.375 e. The molecular weight excluding hydrogens is 258 g/mol. The first-order valence-corrected chi connectivity index (χ1v) is 8.01. The molecule has 4 nitrogen and oxygen atoms in total. The molecular formula is C14H25N3OS. The highest BCUT2D eigenvalue weighted by atomic mass is 32.1. The summed E-state index contributed by atoms with van der Waals surface area (Å²) in [5.41, 5.74) is 0. The molecule has 0 spiro atoms. The van der Waals surface area contributed by atoms with Gasteiger partial charge in [0.05, 0.1) is 12.2 Å². The number of nitrogens with one attached hydrogen (secondary N) is 1. The first kappa shape index (κ1) is 14.9. The van der Waals surface area contributed by atoms with E-state index in [1.165, 1.54) is 0 Å². The second-order valence-electron chi connectivity index (χ2n) is 5.82. The number of rotatable bonds is 5. The Morgan fingerprint density at radius 3 is 2.53 bits per heavy atom. The molecule has 4 unspecified atom stereocenters. The average Bonchev–Trinajstić information content (AvgIpc) is 2.85. The third kappa shape index (κ3) is 3.52. The van der Waals surface area contributed by atoms with Crippen molar-refractivity contribution >= 4 is 11.3 Å². The molecule has 0 aliphatic carbocycles. The van der Waals surface area contributed by atoms with Crippen LogP contribution in [0.3, 0.4) is 0 Å². The van der Waals surface area contributed by atoms with Gasteiger partial charge in [-0.1, -0.05) is 20.8 Å². The summed E-state index contributed by atoms with van der Waals surface area (Å²) in [6, 6.07) is 0.525. The lowest BCUT2D eigenvalue weighted by Gasteiger charge is -2.14. The topological polar surface area (TPSA) is 47.0 Å². The van der Waals surface area contributed by atoms with Crippen LogP contribution in [-0.4, -0.2) is 35.0 Å². The summed E-state index contributed by atoms with van der Waals surface area (Å²) < 4.78 is 5.89. The van der Waals surface area contributed by atoms with Gasteiger partial charge in [-0.3, -0.25) is 0 Å². The fourth-order valence-electron chi connectivity index (χ4n) is 2.66. The van der Waals surface area contributed by atoms with Crippen molar-refractivity contribution in [2.45, 2.75) is 65.2 Å². The Hall–Kier alpha value is -0.520. The van der Waals surface area contributed by atoms with Crippen molar-refractivity contribution in [2.24, 2.45) is 5.92 Å². The fraction of sp³-hybridized carbons (Fsp3) is 0.857. The van der Waals surface area contributed by atoms with Crippen LogP contribution in [0.4, 0.5) is 0 Å². The molecule has 1 aliphatic rings. The van der Waals surface area contributed by atoms with Gasteiger partial charge in [0.25, 0.3) is 0 Å². The van der Waals surface area contributed by atoms with E-state index in [2.05, 4.69) is 50.1 Å². The Morgan fingerprint density at radius 1 is 1.21 bits per heavy atom. The number of hydrogen-bond acceptors (Lipinski definition) is 5. The molecule has 1 aliphatic heterocycles. The second-order valence-corrected chi connectivity index (χ2v) is 6.92. The van der Waals surface area contributed by atoms with Gasteiger partial charge in [-0.05, 0) is 19.8 Å². The fourth-order valence-corrected chi connectivity index (χ4v) is 3.81. The molecule has 1 aromatic heterocycles. The third-order valence-corrected chi connectivity index (χ3v) is 4.99. The molecule has 108 valence electrons. The van der Waals surface area contributed by atoms with E-state index < -0.39 is 0 Å². The van der Waals surface area contributed by atoms with Gasteiger partial charge >= 0.3 is 0 Å². The molecule has 19 heavy (non-hydrogen) atoms. The highest BCUT2D eigenvalue weighted by Crippen LogP contribution is 2.40. The van der Waals surface area contributed by atoms with E-state index in [0.29, 0.717) is 24.0 Å². The molecule has 1 N–H and O–H groups in total. The third-order valence-electron chi connectivity index (χ3n) is 3.90. The number of aromatic nitrogens is 2. The minimum absolute atomic E-state index is 0.250. The molecule has 0 saturated carbocycles. The molecule has 0 aromatic carbocycles. The molecule has 2 heterocycles. The summed E-state index contributed by atoms with van der Waals surface area (Å²) in [6.45, 7) is 11.8. The van der Waals surface area contributed by atoms with Crippen LogP contribution in [0.5, 0.6) is 0 Å². The van der Waals surface area contributed by atoms with E-state index in [-0.39, 0.29) is 6.10 Å². The quantitative estimate of drug-likeness (QED) is 0.902. The van der Waals surface area contributed by atoms with Gasteiger partial charge < -0.3 is 10.1 Å². The summed E-state index contributed by atoms with van der Waals surface area (Å²) in [6.07, 6.45) is 1.52. The van der Waals surface area contributed by atoms with Crippen LogP contribution in [0.15, 0.2) is 0 Å². The first-order valence-electron chi connectivity index (χ1n) is 7.20. The van der Waals surface area contributed by atoms with Gasteiger partial charge in [-0.15, -0.1) is 21.5 Å². The first-order chi connectivity index (χ1) is 8.99. The Kier molecular flexibility index (Phi) is 4.92. The van der Waals surface area contributed by atoms with Crippen LogP contribution in [0.25, 0.3) is 0 Å². The van der Waals surface area contributed by atoms with Crippen molar-refractivity contribution in [2.75, 3.05) is 6.54 Å². The van der Waals surface area contributed by atoms with E-state index in [0.717, 1.165) is 23.0 Å². The zero-order valence-corrected chi connectivity index (χ0v) is 13.3. The van der Waals surface area contributed by atoms with Crippen molar-refractivity contribution in [3.05, 3.63) is 10.0 Å². The van der Waals surface area contributed by atoms with Crippen LogP contribution < -0.4 is 5.32 Å². The average molecular weight is 283 g/mol. The van der Waals surface area contributed by atoms with Crippen molar-refractivity contribution in [1.29, 1.82) is 0 Å². The van der Waals surface area contributed by atoms with Gasteiger partial charge in [-0.25, -0.2) is 0 Å². The molecule has 2 rings (SSSR count). The van der Waals surface area contributed by atoms with E-state index in [9.17, 15) is 0 Å². The van der Waals surface area contributed by atoms with Crippen molar-refractivity contribution in [3.63, 3.8) is 0 Å². The van der Waals surface area contributed by atoms with Crippen LogP contribution in [0, 0.1) is 5.92 Å². The Bertz CT molecular complexity index is 407. The molecule has 0 radical (unpaired) electrons. The summed E-state index contributed by atoms with van der Waals surface area (Å²) in [4.78, 5) is 0. The number of ether oxygens (including phenoxy) is 1. The Labute approximate surface area is 120 Å². The van der Waals surface area contributed by atoms with E-state index >= 15 is 0 Å². The SMILES string of the molecule is CC(C)NCCc1nnc(C2C(C)OC(C)C2C)s1.